The van der Waals surface area contributed by atoms with Crippen molar-refractivity contribution in [1.29, 1.82) is 0 Å². The molecule has 0 radical (unpaired) electrons. The summed E-state index contributed by atoms with van der Waals surface area (Å²) in [6, 6.07) is 0. The third-order valence-electron chi connectivity index (χ3n) is 3.14. The molecule has 1 amide bonds. The zero-order chi connectivity index (χ0) is 14.5. The molecule has 0 aromatic rings. The van der Waals surface area contributed by atoms with E-state index in [-0.39, 0.29) is 18.9 Å². The molecule has 1 N–H and O–H groups in total. The lowest BCUT2D eigenvalue weighted by Gasteiger charge is -2.22. The summed E-state index contributed by atoms with van der Waals surface area (Å²) < 4.78 is 39.9. The Bertz CT molecular complexity index is 305. The number of carbonyl (C=O) groups is 1. The molecule has 0 aromatic carbocycles. The Hall–Kier alpha value is -0.820. The first-order valence-electron chi connectivity index (χ1n) is 6.34. The van der Waals surface area contributed by atoms with Gasteiger partial charge in [-0.2, -0.15) is 13.2 Å². The summed E-state index contributed by atoms with van der Waals surface area (Å²) in [4.78, 5) is 13.4. The van der Waals surface area contributed by atoms with Gasteiger partial charge in [-0.3, -0.25) is 4.79 Å². The van der Waals surface area contributed by atoms with Gasteiger partial charge in [0.2, 0.25) is 5.91 Å². The van der Waals surface area contributed by atoms with Crippen LogP contribution in [-0.4, -0.2) is 54.0 Å². The molecule has 1 unspecified atom stereocenters. The highest BCUT2D eigenvalue weighted by Gasteiger charge is 2.28. The van der Waals surface area contributed by atoms with Crippen molar-refractivity contribution in [1.82, 2.24) is 4.90 Å². The molecule has 0 spiro atoms. The van der Waals surface area contributed by atoms with Crippen LogP contribution in [0.5, 0.6) is 0 Å². The average Bonchev–Trinajstić information content (AvgIpc) is 2.44. The molecule has 1 heterocycles. The second-order valence-electron chi connectivity index (χ2n) is 5.15. The number of halogens is 3. The van der Waals surface area contributed by atoms with Gasteiger partial charge in [-0.15, -0.1) is 0 Å². The number of amides is 1. The molecule has 1 rings (SSSR count). The lowest BCUT2D eigenvalue weighted by atomic mass is 9.98. The van der Waals surface area contributed by atoms with Crippen LogP contribution in [0.3, 0.4) is 0 Å². The van der Waals surface area contributed by atoms with Crippen molar-refractivity contribution in [2.24, 2.45) is 0 Å². The Kier molecular flexibility index (Phi) is 5.61. The Balaban J connectivity index is 2.26. The summed E-state index contributed by atoms with van der Waals surface area (Å²) in [5.41, 5.74) is -0.762. The summed E-state index contributed by atoms with van der Waals surface area (Å²) >= 11 is 0. The van der Waals surface area contributed by atoms with Crippen LogP contribution in [-0.2, 0) is 9.53 Å². The summed E-state index contributed by atoms with van der Waals surface area (Å²) in [7, 11) is 0. The van der Waals surface area contributed by atoms with Crippen molar-refractivity contribution < 1.29 is 27.8 Å². The Morgan fingerprint density at radius 1 is 1.37 bits per heavy atom. The van der Waals surface area contributed by atoms with E-state index in [1.165, 1.54) is 0 Å². The molecule has 1 aliphatic rings. The first kappa shape index (κ1) is 16.2. The molecular formula is C12H20F3NO3. The maximum absolute atomic E-state index is 11.8. The number of alkyl halides is 3. The third-order valence-corrected chi connectivity index (χ3v) is 3.14. The minimum absolute atomic E-state index is 0.0573. The number of ether oxygens (including phenoxy) is 1. The molecule has 1 saturated heterocycles. The van der Waals surface area contributed by atoms with Crippen molar-refractivity contribution >= 4 is 5.91 Å². The van der Waals surface area contributed by atoms with Crippen LogP contribution in [0, 0.1) is 0 Å². The molecular weight excluding hydrogens is 263 g/mol. The number of nitrogens with zero attached hydrogens (tertiary/aromatic N) is 1. The quantitative estimate of drug-likeness (QED) is 0.799. The second-order valence-corrected chi connectivity index (χ2v) is 5.15. The zero-order valence-electron chi connectivity index (χ0n) is 11.0. The molecule has 1 atom stereocenters. The van der Waals surface area contributed by atoms with Gasteiger partial charge in [0.1, 0.15) is 6.61 Å². The lowest BCUT2D eigenvalue weighted by Crippen LogP contribution is -2.34. The monoisotopic (exact) mass is 283 g/mol. The third kappa shape index (κ3) is 6.77. The van der Waals surface area contributed by atoms with Crippen LogP contribution in [0.1, 0.15) is 32.6 Å². The average molecular weight is 283 g/mol. The molecule has 19 heavy (non-hydrogen) atoms. The maximum Gasteiger partial charge on any atom is 0.411 e. The molecule has 0 saturated carbocycles. The Morgan fingerprint density at radius 2 is 2.05 bits per heavy atom. The van der Waals surface area contributed by atoms with Crippen molar-refractivity contribution in [3.05, 3.63) is 0 Å². The Labute approximate surface area is 110 Å². The van der Waals surface area contributed by atoms with E-state index in [0.29, 0.717) is 32.4 Å². The zero-order valence-corrected chi connectivity index (χ0v) is 11.0. The highest BCUT2D eigenvalue weighted by atomic mass is 19.4. The van der Waals surface area contributed by atoms with E-state index in [0.717, 1.165) is 0 Å². The maximum atomic E-state index is 11.8. The van der Waals surface area contributed by atoms with Crippen LogP contribution in [0.15, 0.2) is 0 Å². The van der Waals surface area contributed by atoms with Crippen molar-refractivity contribution in [2.75, 3.05) is 26.3 Å². The van der Waals surface area contributed by atoms with Crippen LogP contribution in [0.2, 0.25) is 0 Å². The van der Waals surface area contributed by atoms with Crippen LogP contribution in [0.4, 0.5) is 13.2 Å². The van der Waals surface area contributed by atoms with Gasteiger partial charge >= 0.3 is 6.18 Å². The predicted molar refractivity (Wildman–Crippen MR) is 62.5 cm³/mol. The SMILES string of the molecule is CC1(O)CCCN(C(=O)CCOCC(F)(F)F)CC1. The van der Waals surface area contributed by atoms with Gasteiger partial charge in [-0.1, -0.05) is 0 Å². The summed E-state index contributed by atoms with van der Waals surface area (Å²) in [6.45, 7) is 1.15. The highest BCUT2D eigenvalue weighted by molar-refractivity contribution is 5.76. The molecule has 112 valence electrons. The van der Waals surface area contributed by atoms with Crippen LogP contribution in [0.25, 0.3) is 0 Å². The van der Waals surface area contributed by atoms with Crippen molar-refractivity contribution in [2.45, 2.75) is 44.4 Å². The largest absolute Gasteiger partial charge is 0.411 e. The second kappa shape index (κ2) is 6.56. The smallest absolute Gasteiger partial charge is 0.390 e. The van der Waals surface area contributed by atoms with Crippen LogP contribution >= 0.6 is 0 Å². The van der Waals surface area contributed by atoms with Gasteiger partial charge in [0, 0.05) is 13.1 Å². The fraction of sp³-hybridized carbons (Fsp3) is 0.917. The predicted octanol–water partition coefficient (Wildman–Crippen LogP) is 1.72. The number of hydrogen-bond acceptors (Lipinski definition) is 3. The van der Waals surface area contributed by atoms with Crippen molar-refractivity contribution in [3.8, 4) is 0 Å². The van der Waals surface area contributed by atoms with E-state index < -0.39 is 18.4 Å². The number of aliphatic hydroxyl groups is 1. The molecule has 0 aromatic heterocycles. The minimum Gasteiger partial charge on any atom is -0.390 e. The first-order chi connectivity index (χ1) is 8.70. The first-order valence-corrected chi connectivity index (χ1v) is 6.34. The number of carbonyl (C=O) groups excluding carboxylic acids is 1. The molecule has 4 nitrogen and oxygen atoms in total. The van der Waals surface area contributed by atoms with E-state index in [1.807, 2.05) is 0 Å². The highest BCUT2D eigenvalue weighted by Crippen LogP contribution is 2.21. The van der Waals surface area contributed by atoms with Gasteiger partial charge < -0.3 is 14.7 Å². The van der Waals surface area contributed by atoms with Crippen LogP contribution < -0.4 is 0 Å². The number of rotatable bonds is 4. The summed E-state index contributed by atoms with van der Waals surface area (Å²) in [6.07, 6.45) is -2.60. The number of hydrogen-bond donors (Lipinski definition) is 1. The van der Waals surface area contributed by atoms with E-state index in [4.69, 9.17) is 0 Å². The molecule has 1 fully saturated rings. The number of likely N-dealkylation sites (tertiary alicyclic amines) is 1. The van der Waals surface area contributed by atoms with Gasteiger partial charge in [-0.25, -0.2) is 0 Å². The van der Waals surface area contributed by atoms with Gasteiger partial charge in [0.25, 0.3) is 0 Å². The van der Waals surface area contributed by atoms with Gasteiger partial charge in [0.15, 0.2) is 0 Å². The molecule has 0 bridgehead atoms. The fourth-order valence-corrected chi connectivity index (χ4v) is 2.02. The topological polar surface area (TPSA) is 49.8 Å². The van der Waals surface area contributed by atoms with E-state index in [2.05, 4.69) is 4.74 Å². The molecule has 1 aliphatic heterocycles. The van der Waals surface area contributed by atoms with E-state index in [1.54, 1.807) is 11.8 Å². The minimum atomic E-state index is -4.36. The summed E-state index contributed by atoms with van der Waals surface area (Å²) in [5.74, 6) is -0.222. The molecule has 0 aliphatic carbocycles. The standard InChI is InChI=1S/C12H20F3NO3/c1-11(18)4-2-6-16(7-5-11)10(17)3-8-19-9-12(13,14)15/h18H,2-9H2,1H3. The molecule has 7 heteroatoms. The summed E-state index contributed by atoms with van der Waals surface area (Å²) in [5, 5.41) is 9.87. The lowest BCUT2D eigenvalue weighted by molar-refractivity contribution is -0.175. The van der Waals surface area contributed by atoms with E-state index >= 15 is 0 Å². The Morgan fingerprint density at radius 3 is 2.68 bits per heavy atom. The van der Waals surface area contributed by atoms with E-state index in [9.17, 15) is 23.1 Å². The van der Waals surface area contributed by atoms with Gasteiger partial charge in [-0.05, 0) is 26.2 Å². The fourth-order valence-electron chi connectivity index (χ4n) is 2.02. The van der Waals surface area contributed by atoms with Crippen molar-refractivity contribution in [3.63, 3.8) is 0 Å². The normalized spacial score (nSPS) is 25.2. The van der Waals surface area contributed by atoms with Gasteiger partial charge in [0.05, 0.1) is 18.6 Å².